The minimum atomic E-state index is -0.653. The molecule has 0 unspecified atom stereocenters. The van der Waals surface area contributed by atoms with E-state index in [0.29, 0.717) is 17.8 Å². The fraction of sp³-hybridized carbons (Fsp3) is 0.150. The smallest absolute Gasteiger partial charge is 0.269 e. The molecule has 3 heterocycles. The molecule has 0 spiro atoms. The van der Waals surface area contributed by atoms with Gasteiger partial charge in [0, 0.05) is 17.5 Å². The molecule has 0 saturated heterocycles. The lowest BCUT2D eigenvalue weighted by molar-refractivity contribution is 0.0996. The van der Waals surface area contributed by atoms with Crippen LogP contribution in [-0.4, -0.2) is 27.6 Å². The van der Waals surface area contributed by atoms with Crippen LogP contribution in [0.3, 0.4) is 0 Å². The highest BCUT2D eigenvalue weighted by atomic mass is 16.1. The number of carbonyl (C=O) groups is 1. The van der Waals surface area contributed by atoms with Crippen LogP contribution in [0.1, 0.15) is 30.0 Å². The first-order valence-corrected chi connectivity index (χ1v) is 8.77. The van der Waals surface area contributed by atoms with E-state index < -0.39 is 5.91 Å². The fourth-order valence-corrected chi connectivity index (χ4v) is 2.97. The monoisotopic (exact) mass is 362 g/mol. The number of hydrogen-bond donors (Lipinski definition) is 4. The van der Waals surface area contributed by atoms with Crippen LogP contribution in [-0.2, 0) is 0 Å². The largest absolute Gasteiger partial charge is 0.396 e. The van der Waals surface area contributed by atoms with Crippen LogP contribution >= 0.6 is 0 Å². The van der Waals surface area contributed by atoms with Crippen LogP contribution in [0.5, 0.6) is 0 Å². The van der Waals surface area contributed by atoms with Gasteiger partial charge >= 0.3 is 0 Å². The minimum Gasteiger partial charge on any atom is -0.396 e. The Morgan fingerprint density at radius 3 is 2.74 bits per heavy atom. The molecule has 2 aromatic heterocycles. The number of carbonyl (C=O) groups excluding carboxylic acids is 1. The number of dihydropyridines is 1. The summed E-state index contributed by atoms with van der Waals surface area (Å²) in [6.07, 6.45) is 7.42. The van der Waals surface area contributed by atoms with Crippen LogP contribution in [0, 0.1) is 0 Å². The van der Waals surface area contributed by atoms with Gasteiger partial charge in [0.2, 0.25) is 0 Å². The first-order valence-electron chi connectivity index (χ1n) is 8.77. The molecule has 138 valence electrons. The number of nitrogens with zero attached hydrogens (tertiary/aromatic N) is 2. The number of nitrogen functional groups attached to an aromatic ring is 1. The Bertz CT molecular complexity index is 1050. The molecule has 7 nitrogen and oxygen atoms in total. The van der Waals surface area contributed by atoms with E-state index in [4.69, 9.17) is 11.5 Å². The Labute approximate surface area is 157 Å². The molecule has 3 aromatic rings. The second kappa shape index (κ2) is 7.74. The average molecular weight is 362 g/mol. The summed E-state index contributed by atoms with van der Waals surface area (Å²) in [6, 6.07) is 7.66. The summed E-state index contributed by atoms with van der Waals surface area (Å²) >= 11 is 0. The number of H-pyrrole nitrogens is 1. The van der Waals surface area contributed by atoms with Gasteiger partial charge in [0.15, 0.2) is 5.69 Å². The molecule has 1 aromatic carbocycles. The van der Waals surface area contributed by atoms with E-state index in [-0.39, 0.29) is 11.4 Å². The van der Waals surface area contributed by atoms with E-state index >= 15 is 0 Å². The number of nitrogens with one attached hydrogen (secondary N) is 2. The third kappa shape index (κ3) is 3.39. The molecule has 4 rings (SSSR count). The van der Waals surface area contributed by atoms with Crippen molar-refractivity contribution in [1.29, 1.82) is 0 Å². The Balaban J connectivity index is 0.00000102. The van der Waals surface area contributed by atoms with E-state index in [2.05, 4.69) is 20.5 Å². The summed E-state index contributed by atoms with van der Waals surface area (Å²) in [5.41, 5.74) is 16.2. The number of hydrogen-bond acceptors (Lipinski definition) is 5. The Morgan fingerprint density at radius 1 is 1.22 bits per heavy atom. The summed E-state index contributed by atoms with van der Waals surface area (Å²) in [6.45, 7) is 4.61. The summed E-state index contributed by atoms with van der Waals surface area (Å²) in [7, 11) is 0. The minimum absolute atomic E-state index is 0.0726. The van der Waals surface area contributed by atoms with Crippen LogP contribution in [0.4, 0.5) is 5.69 Å². The summed E-state index contributed by atoms with van der Waals surface area (Å²) in [4.78, 5) is 16.3. The molecule has 6 N–H and O–H groups in total. The number of primary amides is 1. The maximum Gasteiger partial charge on any atom is 0.269 e. The molecule has 0 saturated carbocycles. The van der Waals surface area contributed by atoms with Gasteiger partial charge in [0.25, 0.3) is 5.91 Å². The number of allylic oxidation sites excluding steroid dienone is 2. The molecule has 0 atom stereocenters. The van der Waals surface area contributed by atoms with Crippen molar-refractivity contribution in [3.05, 3.63) is 60.2 Å². The zero-order valence-electron chi connectivity index (χ0n) is 15.3. The molecule has 0 aliphatic carbocycles. The second-order valence-electron chi connectivity index (χ2n) is 5.75. The molecule has 1 aliphatic rings. The standard InChI is InChI=1S/C18H16N6O.C2H6/c19-16-12(11-4-1-5-14-13(11)9-22-24-14)7-15(23-17(16)18(20)25)10-3-2-6-21-8-10;1-2/h1-7,9,21H,8,19H2,(H2,20,25)(H,22,24);1-2H3. The zero-order valence-corrected chi connectivity index (χ0v) is 15.3. The molecule has 0 radical (unpaired) electrons. The normalized spacial score (nSPS) is 12.7. The van der Waals surface area contributed by atoms with E-state index in [1.165, 1.54) is 0 Å². The van der Waals surface area contributed by atoms with Crippen LogP contribution in [0.2, 0.25) is 0 Å². The Hall–Kier alpha value is -3.61. The lowest BCUT2D eigenvalue weighted by Gasteiger charge is -2.15. The molecule has 1 aliphatic heterocycles. The molecule has 27 heavy (non-hydrogen) atoms. The average Bonchev–Trinajstić information content (AvgIpc) is 3.19. The number of aromatic nitrogens is 3. The van der Waals surface area contributed by atoms with Crippen LogP contribution in [0.25, 0.3) is 27.6 Å². The van der Waals surface area contributed by atoms with Crippen molar-refractivity contribution in [3.8, 4) is 11.1 Å². The summed E-state index contributed by atoms with van der Waals surface area (Å²) in [5.74, 6) is -0.653. The highest BCUT2D eigenvalue weighted by Crippen LogP contribution is 2.34. The van der Waals surface area contributed by atoms with E-state index in [1.807, 2.05) is 56.5 Å². The number of benzene rings is 1. The SMILES string of the molecule is CC.NC(=O)c1nc(C2=CC=CNC2)cc(-c2cccc3[nH]ncc23)c1N. The Morgan fingerprint density at radius 2 is 2.04 bits per heavy atom. The highest BCUT2D eigenvalue weighted by molar-refractivity contribution is 6.04. The first-order chi connectivity index (χ1) is 13.1. The molecule has 0 bridgehead atoms. The number of pyridine rings is 1. The fourth-order valence-electron chi connectivity index (χ4n) is 2.97. The van der Waals surface area contributed by atoms with Gasteiger partial charge < -0.3 is 16.8 Å². The van der Waals surface area contributed by atoms with Gasteiger partial charge in [-0.1, -0.05) is 32.1 Å². The lowest BCUT2D eigenvalue weighted by Crippen LogP contribution is -2.19. The van der Waals surface area contributed by atoms with E-state index in [0.717, 1.165) is 22.0 Å². The van der Waals surface area contributed by atoms with Crippen molar-refractivity contribution in [2.75, 3.05) is 12.3 Å². The van der Waals surface area contributed by atoms with Crippen molar-refractivity contribution in [3.63, 3.8) is 0 Å². The topological polar surface area (TPSA) is 123 Å². The maximum absolute atomic E-state index is 11.9. The number of aromatic amines is 1. The number of rotatable bonds is 3. The quantitative estimate of drug-likeness (QED) is 0.570. The molecule has 7 heteroatoms. The molecule has 1 amide bonds. The number of fused-ring (bicyclic) bond motifs is 1. The number of nitrogens with two attached hydrogens (primary N) is 2. The van der Waals surface area contributed by atoms with Crippen molar-refractivity contribution >= 4 is 28.1 Å². The lowest BCUT2D eigenvalue weighted by atomic mass is 9.97. The third-order valence-corrected chi connectivity index (χ3v) is 4.20. The molecule has 0 fully saturated rings. The number of anilines is 1. The van der Waals surface area contributed by atoms with Crippen molar-refractivity contribution in [2.45, 2.75) is 13.8 Å². The predicted octanol–water partition coefficient (Wildman–Crippen LogP) is 2.83. The van der Waals surface area contributed by atoms with Crippen LogP contribution < -0.4 is 16.8 Å². The summed E-state index contributed by atoms with van der Waals surface area (Å²) in [5, 5.41) is 11.1. The van der Waals surface area contributed by atoms with Crippen LogP contribution in [0.15, 0.2) is 48.8 Å². The van der Waals surface area contributed by atoms with Gasteiger partial charge in [-0.25, -0.2) is 4.98 Å². The van der Waals surface area contributed by atoms with Gasteiger partial charge in [-0.2, -0.15) is 5.10 Å². The molecular formula is C20H22N6O. The number of amides is 1. The summed E-state index contributed by atoms with van der Waals surface area (Å²) < 4.78 is 0. The van der Waals surface area contributed by atoms with Gasteiger partial charge in [-0.05, 0) is 35.5 Å². The maximum atomic E-state index is 11.9. The van der Waals surface area contributed by atoms with Gasteiger partial charge in [0.1, 0.15) is 0 Å². The first kappa shape index (κ1) is 18.2. The van der Waals surface area contributed by atoms with Crippen molar-refractivity contribution in [1.82, 2.24) is 20.5 Å². The predicted molar refractivity (Wildman–Crippen MR) is 109 cm³/mol. The second-order valence-corrected chi connectivity index (χ2v) is 5.75. The van der Waals surface area contributed by atoms with Gasteiger partial charge in [-0.3, -0.25) is 9.89 Å². The van der Waals surface area contributed by atoms with Crippen molar-refractivity contribution < 1.29 is 4.79 Å². The van der Waals surface area contributed by atoms with Crippen molar-refractivity contribution in [2.24, 2.45) is 5.73 Å². The van der Waals surface area contributed by atoms with E-state index in [1.54, 1.807) is 6.20 Å². The van der Waals surface area contributed by atoms with E-state index in [9.17, 15) is 4.79 Å². The van der Waals surface area contributed by atoms with Gasteiger partial charge in [-0.15, -0.1) is 0 Å². The van der Waals surface area contributed by atoms with Gasteiger partial charge in [0.05, 0.1) is 23.1 Å². The third-order valence-electron chi connectivity index (χ3n) is 4.20. The molecular weight excluding hydrogens is 340 g/mol. The zero-order chi connectivity index (χ0) is 19.4. The Kier molecular flexibility index (Phi) is 5.21. The highest BCUT2D eigenvalue weighted by Gasteiger charge is 2.19.